The van der Waals surface area contributed by atoms with Crippen LogP contribution in [-0.2, 0) is 9.53 Å². The van der Waals surface area contributed by atoms with Crippen LogP contribution in [0, 0.1) is 13.8 Å². The largest absolute Gasteiger partial charge is 0.469 e. The molecule has 0 fully saturated rings. The Hall–Kier alpha value is -1.35. The lowest BCUT2D eigenvalue weighted by atomic mass is 9.98. The fourth-order valence-electron chi connectivity index (χ4n) is 1.68. The van der Waals surface area contributed by atoms with Crippen molar-refractivity contribution in [1.29, 1.82) is 0 Å². The zero-order valence-electron chi connectivity index (χ0n) is 9.54. The molecule has 3 N–H and O–H groups in total. The molecule has 0 radical (unpaired) electrons. The van der Waals surface area contributed by atoms with Crippen molar-refractivity contribution in [3.8, 4) is 0 Å². The molecule has 15 heavy (non-hydrogen) atoms. The first-order chi connectivity index (χ1) is 7.04. The second-order valence-electron chi connectivity index (χ2n) is 3.84. The Morgan fingerprint density at radius 3 is 2.67 bits per heavy atom. The van der Waals surface area contributed by atoms with Gasteiger partial charge in [-0.25, -0.2) is 0 Å². The smallest absolute Gasteiger partial charge is 0.311 e. The van der Waals surface area contributed by atoms with E-state index in [0.29, 0.717) is 6.42 Å². The second-order valence-corrected chi connectivity index (χ2v) is 3.84. The molecule has 1 aromatic rings. The van der Waals surface area contributed by atoms with Crippen molar-refractivity contribution < 1.29 is 15.3 Å². The van der Waals surface area contributed by atoms with E-state index >= 15 is 0 Å². The van der Waals surface area contributed by atoms with Gasteiger partial charge >= 0.3 is 5.97 Å². The molecule has 0 aromatic heterocycles. The van der Waals surface area contributed by atoms with Crippen molar-refractivity contribution >= 4 is 5.97 Å². The molecule has 0 bridgehead atoms. The maximum absolute atomic E-state index is 11.1. The van der Waals surface area contributed by atoms with E-state index < -0.39 is 0 Å². The van der Waals surface area contributed by atoms with Gasteiger partial charge in [0.15, 0.2) is 0 Å². The number of hydrogen-bond donors (Lipinski definition) is 1. The molecule has 1 rings (SSSR count). The quantitative estimate of drug-likeness (QED) is 0.757. The Morgan fingerprint density at radius 1 is 1.47 bits per heavy atom. The van der Waals surface area contributed by atoms with Crippen molar-refractivity contribution in [3.05, 3.63) is 34.9 Å². The zero-order chi connectivity index (χ0) is 11.4. The van der Waals surface area contributed by atoms with E-state index in [-0.39, 0.29) is 12.0 Å². The number of benzene rings is 1. The summed E-state index contributed by atoms with van der Waals surface area (Å²) in [6, 6.07) is 6.14. The fraction of sp³-hybridized carbons (Fsp3) is 0.417. The van der Waals surface area contributed by atoms with Crippen LogP contribution < -0.4 is 5.73 Å². The number of aryl methyl sites for hydroxylation is 2. The average molecular weight is 208 g/mol. The molecule has 3 heteroatoms. The predicted molar refractivity (Wildman–Crippen MR) is 58.2 cm³/mol. The molecule has 0 aliphatic carbocycles. The van der Waals surface area contributed by atoms with Gasteiger partial charge in [0.1, 0.15) is 12.5 Å². The van der Waals surface area contributed by atoms with Gasteiger partial charge in [-0.3, -0.25) is 4.79 Å². The molecule has 0 aliphatic heterocycles. The molecule has 0 saturated carbocycles. The summed E-state index contributed by atoms with van der Waals surface area (Å²) in [4.78, 5) is 11.1. The van der Waals surface area contributed by atoms with Crippen LogP contribution in [0.1, 0.15) is 29.2 Å². The maximum atomic E-state index is 11.1. The summed E-state index contributed by atoms with van der Waals surface area (Å²) in [5, 5.41) is 0. The number of esters is 1. The van der Waals surface area contributed by atoms with Gasteiger partial charge in [0.2, 0.25) is 0 Å². The van der Waals surface area contributed by atoms with E-state index in [1.165, 1.54) is 18.2 Å². The van der Waals surface area contributed by atoms with Crippen LogP contribution in [0.2, 0.25) is 0 Å². The Morgan fingerprint density at radius 2 is 2.13 bits per heavy atom. The van der Waals surface area contributed by atoms with E-state index in [9.17, 15) is 4.79 Å². The third kappa shape index (κ3) is 3.06. The van der Waals surface area contributed by atoms with Gasteiger partial charge in [0.05, 0.1) is 7.11 Å². The lowest BCUT2D eigenvalue weighted by Crippen LogP contribution is -2.54. The number of methoxy groups -OCH3 is 1. The Labute approximate surface area is 90.2 Å². The SMILES string of the molecule is COC(=O)C[C@H]([NH3+])c1ccc(C)cc1C. The first kappa shape index (κ1) is 11.7. The Kier molecular flexibility index (Phi) is 3.86. The topological polar surface area (TPSA) is 53.9 Å². The standard InChI is InChI=1S/C12H17NO2/c1-8-4-5-10(9(2)6-8)11(13)7-12(14)15-3/h4-6,11H,7,13H2,1-3H3/p+1/t11-/m0/s1. The van der Waals surface area contributed by atoms with Crippen LogP contribution in [0.4, 0.5) is 0 Å². The van der Waals surface area contributed by atoms with Crippen LogP contribution in [0.25, 0.3) is 0 Å². The molecule has 3 nitrogen and oxygen atoms in total. The lowest BCUT2D eigenvalue weighted by Gasteiger charge is -2.11. The minimum Gasteiger partial charge on any atom is -0.469 e. The first-order valence-corrected chi connectivity index (χ1v) is 5.01. The highest BCUT2D eigenvalue weighted by atomic mass is 16.5. The summed E-state index contributed by atoms with van der Waals surface area (Å²) in [7, 11) is 1.40. The van der Waals surface area contributed by atoms with Crippen molar-refractivity contribution in [2.45, 2.75) is 26.3 Å². The summed E-state index contributed by atoms with van der Waals surface area (Å²) in [6.45, 7) is 4.09. The molecule has 82 valence electrons. The zero-order valence-corrected chi connectivity index (χ0v) is 9.54. The number of carbonyl (C=O) groups excluding carboxylic acids is 1. The van der Waals surface area contributed by atoms with E-state index in [1.807, 2.05) is 19.1 Å². The van der Waals surface area contributed by atoms with Crippen molar-refractivity contribution in [1.82, 2.24) is 0 Å². The Balaban J connectivity index is 2.82. The highest BCUT2D eigenvalue weighted by molar-refractivity contribution is 5.70. The molecule has 1 atom stereocenters. The summed E-state index contributed by atoms with van der Waals surface area (Å²) in [5.41, 5.74) is 7.51. The fourth-order valence-corrected chi connectivity index (χ4v) is 1.68. The average Bonchev–Trinajstić information content (AvgIpc) is 2.17. The molecule has 0 amide bonds. The minimum absolute atomic E-state index is 0.0296. The first-order valence-electron chi connectivity index (χ1n) is 5.01. The van der Waals surface area contributed by atoms with Gasteiger partial charge in [0, 0.05) is 5.56 Å². The van der Waals surface area contributed by atoms with Crippen LogP contribution in [-0.4, -0.2) is 13.1 Å². The van der Waals surface area contributed by atoms with Crippen LogP contribution >= 0.6 is 0 Å². The van der Waals surface area contributed by atoms with Crippen molar-refractivity contribution in [3.63, 3.8) is 0 Å². The minimum atomic E-state index is -0.213. The monoisotopic (exact) mass is 208 g/mol. The van der Waals surface area contributed by atoms with Crippen LogP contribution in [0.3, 0.4) is 0 Å². The number of hydrogen-bond acceptors (Lipinski definition) is 2. The third-order valence-corrected chi connectivity index (χ3v) is 2.51. The number of rotatable bonds is 3. The van der Waals surface area contributed by atoms with E-state index in [1.54, 1.807) is 0 Å². The summed E-state index contributed by atoms with van der Waals surface area (Å²) in [5.74, 6) is -0.213. The van der Waals surface area contributed by atoms with E-state index in [4.69, 9.17) is 0 Å². The van der Waals surface area contributed by atoms with Crippen molar-refractivity contribution in [2.24, 2.45) is 0 Å². The highest BCUT2D eigenvalue weighted by Gasteiger charge is 2.16. The van der Waals surface area contributed by atoms with Gasteiger partial charge in [-0.05, 0) is 19.4 Å². The molecule has 0 heterocycles. The highest BCUT2D eigenvalue weighted by Crippen LogP contribution is 2.18. The molecule has 0 spiro atoms. The van der Waals surface area contributed by atoms with E-state index in [2.05, 4.69) is 23.5 Å². The number of ether oxygens (including phenoxy) is 1. The normalized spacial score (nSPS) is 12.3. The molecular formula is C12H18NO2+. The Bertz CT molecular complexity index is 361. The van der Waals surface area contributed by atoms with Gasteiger partial charge < -0.3 is 10.5 Å². The molecular weight excluding hydrogens is 190 g/mol. The third-order valence-electron chi connectivity index (χ3n) is 2.51. The molecule has 0 saturated heterocycles. The van der Waals surface area contributed by atoms with Gasteiger partial charge in [-0.1, -0.05) is 23.8 Å². The van der Waals surface area contributed by atoms with Gasteiger partial charge in [0.25, 0.3) is 0 Å². The lowest BCUT2D eigenvalue weighted by molar-refractivity contribution is -0.425. The molecule has 1 aromatic carbocycles. The van der Waals surface area contributed by atoms with Gasteiger partial charge in [-0.15, -0.1) is 0 Å². The predicted octanol–water partition coefficient (Wildman–Crippen LogP) is 1.15. The van der Waals surface area contributed by atoms with Crippen LogP contribution in [0.5, 0.6) is 0 Å². The summed E-state index contributed by atoms with van der Waals surface area (Å²) in [6.07, 6.45) is 0.334. The number of quaternary nitrogens is 1. The number of carbonyl (C=O) groups is 1. The summed E-state index contributed by atoms with van der Waals surface area (Å²) < 4.78 is 4.63. The summed E-state index contributed by atoms with van der Waals surface area (Å²) >= 11 is 0. The van der Waals surface area contributed by atoms with Crippen LogP contribution in [0.15, 0.2) is 18.2 Å². The molecule has 0 unspecified atom stereocenters. The molecule has 0 aliphatic rings. The second kappa shape index (κ2) is 4.94. The maximum Gasteiger partial charge on any atom is 0.311 e. The van der Waals surface area contributed by atoms with Gasteiger partial charge in [-0.2, -0.15) is 0 Å². The van der Waals surface area contributed by atoms with E-state index in [0.717, 1.165) is 5.56 Å². The van der Waals surface area contributed by atoms with Crippen molar-refractivity contribution in [2.75, 3.05) is 7.11 Å².